The van der Waals surface area contributed by atoms with E-state index in [2.05, 4.69) is 46.2 Å². The summed E-state index contributed by atoms with van der Waals surface area (Å²) in [6, 6.07) is 0. The molecule has 5 heteroatoms. The Bertz CT molecular complexity index is 373. The average molecular weight is 417 g/mol. The molecule has 0 fully saturated rings. The molecular weight excluding hydrogens is 368 g/mol. The van der Waals surface area contributed by atoms with E-state index >= 15 is 0 Å². The molecule has 0 spiro atoms. The van der Waals surface area contributed by atoms with Gasteiger partial charge in [-0.15, -0.1) is 0 Å². The van der Waals surface area contributed by atoms with Crippen LogP contribution in [0.3, 0.4) is 0 Å². The number of carbonyl (C=O) groups excluding carboxylic acids is 1. The smallest absolute Gasteiger partial charge is 0.295 e. The second kappa shape index (κ2) is 14.8. The molecule has 0 heterocycles. The summed E-state index contributed by atoms with van der Waals surface area (Å²) in [5, 5.41) is 0. The minimum Gasteiger partial charge on any atom is -0.520 e. The Labute approximate surface area is 172 Å². The van der Waals surface area contributed by atoms with Gasteiger partial charge in [0.1, 0.15) is 0 Å². The molecular formula is C22H48O3Si2. The van der Waals surface area contributed by atoms with Crippen LogP contribution < -0.4 is 0 Å². The topological polar surface area (TPSA) is 35.5 Å². The molecule has 3 nitrogen and oxygen atoms in total. The van der Waals surface area contributed by atoms with Gasteiger partial charge in [0, 0.05) is 0 Å². The molecule has 0 aromatic carbocycles. The van der Waals surface area contributed by atoms with E-state index in [4.69, 9.17) is 8.85 Å². The first kappa shape index (κ1) is 26.9. The fourth-order valence-electron chi connectivity index (χ4n) is 3.31. The van der Waals surface area contributed by atoms with Crippen molar-refractivity contribution in [2.24, 2.45) is 0 Å². The minimum absolute atomic E-state index is 0.0408. The lowest BCUT2D eigenvalue weighted by atomic mass is 10.0. The van der Waals surface area contributed by atoms with E-state index in [0.29, 0.717) is 6.42 Å². The fraction of sp³-hybridized carbons (Fsp3) is 0.955. The van der Waals surface area contributed by atoms with Crippen LogP contribution in [0, 0.1) is 0 Å². The van der Waals surface area contributed by atoms with Crippen molar-refractivity contribution in [1.29, 1.82) is 0 Å². The summed E-state index contributed by atoms with van der Waals surface area (Å²) < 4.78 is 11.9. The molecule has 0 radical (unpaired) electrons. The van der Waals surface area contributed by atoms with Crippen LogP contribution in [-0.4, -0.2) is 28.7 Å². The molecule has 0 amide bonds. The zero-order chi connectivity index (χ0) is 20.8. The third kappa shape index (κ3) is 20.4. The Morgan fingerprint density at radius 2 is 1.15 bits per heavy atom. The van der Waals surface area contributed by atoms with Crippen LogP contribution in [0.15, 0.2) is 0 Å². The van der Waals surface area contributed by atoms with Gasteiger partial charge in [0.25, 0.3) is 5.97 Å². The van der Waals surface area contributed by atoms with E-state index in [0.717, 1.165) is 12.8 Å². The second-order valence-corrected chi connectivity index (χ2v) is 18.9. The van der Waals surface area contributed by atoms with Gasteiger partial charge >= 0.3 is 0 Å². The van der Waals surface area contributed by atoms with Crippen molar-refractivity contribution < 1.29 is 13.6 Å². The number of rotatable bonds is 17. The normalized spacial score (nSPS) is 13.6. The van der Waals surface area contributed by atoms with Gasteiger partial charge in [-0.05, 0) is 45.7 Å². The average Bonchev–Trinajstić information content (AvgIpc) is 2.49. The molecule has 0 saturated heterocycles. The second-order valence-electron chi connectivity index (χ2n) is 9.97. The third-order valence-corrected chi connectivity index (χ3v) is 6.34. The third-order valence-electron chi connectivity index (χ3n) is 4.46. The van der Waals surface area contributed by atoms with Crippen molar-refractivity contribution in [3.63, 3.8) is 0 Å². The highest BCUT2D eigenvalue weighted by molar-refractivity contribution is 6.71. The lowest BCUT2D eigenvalue weighted by molar-refractivity contribution is -0.137. The first-order chi connectivity index (χ1) is 12.5. The summed E-state index contributed by atoms with van der Waals surface area (Å²) in [6.45, 7) is 15.0. The van der Waals surface area contributed by atoms with Gasteiger partial charge in [-0.1, -0.05) is 77.6 Å². The van der Waals surface area contributed by atoms with Gasteiger partial charge in [-0.2, -0.15) is 0 Å². The first-order valence-corrected chi connectivity index (χ1v) is 18.2. The SMILES string of the molecule is CCCCCCCCCCCCCC(CC(=O)O[Si](C)(C)C)O[Si](C)(C)C. The quantitative estimate of drug-likeness (QED) is 0.180. The molecule has 0 aromatic heterocycles. The molecule has 0 aromatic rings. The van der Waals surface area contributed by atoms with E-state index in [1.807, 2.05) is 0 Å². The Hall–Kier alpha value is -0.136. The molecule has 162 valence electrons. The predicted molar refractivity (Wildman–Crippen MR) is 123 cm³/mol. The molecule has 27 heavy (non-hydrogen) atoms. The molecule has 0 rings (SSSR count). The summed E-state index contributed by atoms with van der Waals surface area (Å²) in [4.78, 5) is 12.2. The number of hydrogen-bond donors (Lipinski definition) is 0. The van der Waals surface area contributed by atoms with Gasteiger partial charge < -0.3 is 8.85 Å². The maximum Gasteiger partial charge on any atom is 0.295 e. The lowest BCUT2D eigenvalue weighted by Crippen LogP contribution is -2.36. The molecule has 1 atom stereocenters. The molecule has 1 unspecified atom stereocenters. The Morgan fingerprint density at radius 1 is 0.704 bits per heavy atom. The number of unbranched alkanes of at least 4 members (excludes halogenated alkanes) is 10. The van der Waals surface area contributed by atoms with Gasteiger partial charge in [-0.25, -0.2) is 0 Å². The molecule has 0 aliphatic rings. The lowest BCUT2D eigenvalue weighted by Gasteiger charge is -2.27. The van der Waals surface area contributed by atoms with Gasteiger partial charge in [0.15, 0.2) is 8.32 Å². The van der Waals surface area contributed by atoms with Crippen LogP contribution >= 0.6 is 0 Å². The van der Waals surface area contributed by atoms with Crippen molar-refractivity contribution in [3.05, 3.63) is 0 Å². The molecule has 0 saturated carbocycles. The first-order valence-electron chi connectivity index (χ1n) is 11.4. The monoisotopic (exact) mass is 416 g/mol. The van der Waals surface area contributed by atoms with Crippen LogP contribution in [0.25, 0.3) is 0 Å². The van der Waals surface area contributed by atoms with Crippen LogP contribution in [0.2, 0.25) is 39.3 Å². The van der Waals surface area contributed by atoms with E-state index in [1.54, 1.807) is 0 Å². The van der Waals surface area contributed by atoms with Crippen LogP contribution in [0.4, 0.5) is 0 Å². The number of carbonyl (C=O) groups is 1. The van der Waals surface area contributed by atoms with Gasteiger partial charge in [0.05, 0.1) is 12.5 Å². The van der Waals surface area contributed by atoms with Gasteiger partial charge in [-0.3, -0.25) is 4.79 Å². The largest absolute Gasteiger partial charge is 0.520 e. The van der Waals surface area contributed by atoms with Crippen molar-refractivity contribution in [2.75, 3.05) is 0 Å². The molecule has 0 aliphatic carbocycles. The fourth-order valence-corrected chi connectivity index (χ4v) is 5.28. The summed E-state index contributed by atoms with van der Waals surface area (Å²) in [6.07, 6.45) is 16.3. The summed E-state index contributed by atoms with van der Waals surface area (Å²) >= 11 is 0. The maximum absolute atomic E-state index is 12.2. The Kier molecular flexibility index (Phi) is 14.7. The predicted octanol–water partition coefficient (Wildman–Crippen LogP) is 7.68. The van der Waals surface area contributed by atoms with E-state index in [1.165, 1.54) is 64.2 Å². The van der Waals surface area contributed by atoms with E-state index in [9.17, 15) is 4.79 Å². The zero-order valence-corrected chi connectivity index (χ0v) is 21.5. The van der Waals surface area contributed by atoms with Crippen molar-refractivity contribution >= 4 is 22.6 Å². The summed E-state index contributed by atoms with van der Waals surface area (Å²) in [7, 11) is -3.45. The van der Waals surface area contributed by atoms with Crippen LogP contribution in [0.5, 0.6) is 0 Å². The van der Waals surface area contributed by atoms with Crippen LogP contribution in [-0.2, 0) is 13.6 Å². The molecule has 0 bridgehead atoms. The minimum atomic E-state index is -1.81. The van der Waals surface area contributed by atoms with Crippen molar-refractivity contribution in [3.8, 4) is 0 Å². The Balaban J connectivity index is 3.94. The van der Waals surface area contributed by atoms with Crippen LogP contribution in [0.1, 0.15) is 90.4 Å². The van der Waals surface area contributed by atoms with E-state index < -0.39 is 16.6 Å². The highest BCUT2D eigenvalue weighted by Gasteiger charge is 2.26. The highest BCUT2D eigenvalue weighted by Crippen LogP contribution is 2.19. The number of hydrogen-bond acceptors (Lipinski definition) is 3. The van der Waals surface area contributed by atoms with E-state index in [-0.39, 0.29) is 12.1 Å². The van der Waals surface area contributed by atoms with Crippen molar-refractivity contribution in [1.82, 2.24) is 0 Å². The van der Waals surface area contributed by atoms with Crippen molar-refractivity contribution in [2.45, 2.75) is 136 Å². The summed E-state index contributed by atoms with van der Waals surface area (Å²) in [5.74, 6) is -0.0690. The highest BCUT2D eigenvalue weighted by atomic mass is 28.4. The Morgan fingerprint density at radius 3 is 1.56 bits per heavy atom. The molecule has 0 N–H and O–H groups in total. The standard InChI is InChI=1S/C22H48O3Si2/c1-8-9-10-11-12-13-14-15-16-17-18-19-21(24-26(2,3)4)20-22(23)25-27(5,6)7/h21H,8-20H2,1-7H3. The maximum atomic E-state index is 12.2. The van der Waals surface area contributed by atoms with Gasteiger partial charge in [0.2, 0.25) is 8.32 Å². The molecule has 0 aliphatic heterocycles. The zero-order valence-electron chi connectivity index (χ0n) is 19.5. The summed E-state index contributed by atoms with van der Waals surface area (Å²) in [5.41, 5.74) is 0.